The number of hydrogen-bond acceptors (Lipinski definition) is 0. The number of rotatable bonds is 6. The summed E-state index contributed by atoms with van der Waals surface area (Å²) < 4.78 is 0. The van der Waals surface area contributed by atoms with Crippen molar-refractivity contribution in [1.29, 1.82) is 0 Å². The average Bonchev–Trinajstić information content (AvgIpc) is 2.11. The molecule has 0 N–H and O–H groups in total. The van der Waals surface area contributed by atoms with Crippen LogP contribution in [0.4, 0.5) is 0 Å². The Morgan fingerprint density at radius 2 is 1.24 bits per heavy atom. The van der Waals surface area contributed by atoms with Crippen LogP contribution in [0, 0.1) is 22.7 Å². The van der Waals surface area contributed by atoms with Crippen molar-refractivity contribution in [2.24, 2.45) is 10.8 Å². The van der Waals surface area contributed by atoms with E-state index in [9.17, 15) is 0 Å². The molecule has 0 nitrogen and oxygen atoms in total. The molecule has 0 atom stereocenters. The second kappa shape index (κ2) is 7.80. The van der Waals surface area contributed by atoms with Crippen LogP contribution in [0.15, 0.2) is 0 Å². The van der Waals surface area contributed by atoms with Gasteiger partial charge in [-0.15, -0.1) is 5.92 Å². The van der Waals surface area contributed by atoms with Crippen LogP contribution in [0.1, 0.15) is 86.5 Å². The molecule has 0 saturated heterocycles. The lowest BCUT2D eigenvalue weighted by atomic mass is 9.89. The zero-order chi connectivity index (χ0) is 13.4. The monoisotopic (exact) mass is 236 g/mol. The molecule has 0 aliphatic rings. The van der Waals surface area contributed by atoms with Gasteiger partial charge in [-0.3, -0.25) is 0 Å². The molecule has 0 aliphatic carbocycles. The van der Waals surface area contributed by atoms with Crippen molar-refractivity contribution in [2.45, 2.75) is 86.5 Å². The molecule has 0 aromatic rings. The molecule has 100 valence electrons. The minimum atomic E-state index is 0.173. The molecule has 0 aliphatic heterocycles. The Morgan fingerprint density at radius 1 is 0.706 bits per heavy atom. The van der Waals surface area contributed by atoms with Crippen LogP contribution in [0.25, 0.3) is 0 Å². The van der Waals surface area contributed by atoms with Gasteiger partial charge in [0, 0.05) is 11.8 Å². The highest BCUT2D eigenvalue weighted by molar-refractivity contribution is 5.06. The summed E-state index contributed by atoms with van der Waals surface area (Å²) in [6.07, 6.45) is 9.23. The summed E-state index contributed by atoms with van der Waals surface area (Å²) >= 11 is 0. The fourth-order valence-electron chi connectivity index (χ4n) is 1.73. The molecule has 0 fully saturated rings. The molecule has 0 saturated carbocycles. The van der Waals surface area contributed by atoms with Gasteiger partial charge in [0.2, 0.25) is 0 Å². The van der Waals surface area contributed by atoms with Gasteiger partial charge >= 0.3 is 0 Å². The fraction of sp³-hybridized carbons (Fsp3) is 0.882. The summed E-state index contributed by atoms with van der Waals surface area (Å²) in [7, 11) is 0. The Kier molecular flexibility index (Phi) is 7.60. The van der Waals surface area contributed by atoms with Crippen molar-refractivity contribution in [3.05, 3.63) is 0 Å². The molecule has 0 aromatic carbocycles. The van der Waals surface area contributed by atoms with Crippen molar-refractivity contribution in [1.82, 2.24) is 0 Å². The van der Waals surface area contributed by atoms with E-state index in [2.05, 4.69) is 53.4 Å². The third-order valence-corrected chi connectivity index (χ3v) is 2.69. The summed E-state index contributed by atoms with van der Waals surface area (Å²) in [5.74, 6) is 6.58. The molecule has 0 heterocycles. The van der Waals surface area contributed by atoms with Gasteiger partial charge in [-0.1, -0.05) is 52.4 Å². The summed E-state index contributed by atoms with van der Waals surface area (Å²) in [5.41, 5.74) is 0.685. The van der Waals surface area contributed by atoms with E-state index in [0.29, 0.717) is 5.41 Å². The van der Waals surface area contributed by atoms with Crippen LogP contribution in [0.5, 0.6) is 0 Å². The lowest BCUT2D eigenvalue weighted by Gasteiger charge is -2.17. The van der Waals surface area contributed by atoms with Crippen molar-refractivity contribution in [3.8, 4) is 11.8 Å². The predicted molar refractivity (Wildman–Crippen MR) is 79.0 cm³/mol. The average molecular weight is 236 g/mol. The maximum atomic E-state index is 3.29. The Morgan fingerprint density at radius 3 is 1.76 bits per heavy atom. The molecule has 0 bridgehead atoms. The second-order valence-corrected chi connectivity index (χ2v) is 7.38. The lowest BCUT2D eigenvalue weighted by molar-refractivity contribution is 0.357. The third-order valence-electron chi connectivity index (χ3n) is 2.69. The van der Waals surface area contributed by atoms with Gasteiger partial charge in [-0.25, -0.2) is 0 Å². The van der Waals surface area contributed by atoms with E-state index < -0.39 is 0 Å². The quantitative estimate of drug-likeness (QED) is 0.403. The second-order valence-electron chi connectivity index (χ2n) is 7.38. The Hall–Kier alpha value is -0.440. The molecule has 0 rings (SSSR count). The summed E-state index contributed by atoms with van der Waals surface area (Å²) in [5, 5.41) is 0. The molecule has 17 heavy (non-hydrogen) atoms. The molecule has 0 amide bonds. The smallest absolute Gasteiger partial charge is 0.0230 e. The Bertz CT molecular complexity index is 236. The minimum Gasteiger partial charge on any atom is -0.103 e. The SMILES string of the molecule is CC(C)(C)C#CCCCCCCCC(C)(C)C. The highest BCUT2D eigenvalue weighted by Crippen LogP contribution is 2.22. The van der Waals surface area contributed by atoms with Crippen molar-refractivity contribution >= 4 is 0 Å². The summed E-state index contributed by atoms with van der Waals surface area (Å²) in [6.45, 7) is 13.5. The summed E-state index contributed by atoms with van der Waals surface area (Å²) in [4.78, 5) is 0. The van der Waals surface area contributed by atoms with Gasteiger partial charge in [-0.05, 0) is 39.0 Å². The minimum absolute atomic E-state index is 0.173. The Balaban J connectivity index is 3.33. The molecule has 0 spiro atoms. The van der Waals surface area contributed by atoms with Crippen LogP contribution >= 0.6 is 0 Å². The maximum absolute atomic E-state index is 3.29. The van der Waals surface area contributed by atoms with E-state index in [-0.39, 0.29) is 5.41 Å². The molecule has 0 unspecified atom stereocenters. The first-order chi connectivity index (χ1) is 7.71. The van der Waals surface area contributed by atoms with Gasteiger partial charge in [0.05, 0.1) is 0 Å². The van der Waals surface area contributed by atoms with Gasteiger partial charge in [0.15, 0.2) is 0 Å². The van der Waals surface area contributed by atoms with E-state index in [0.717, 1.165) is 6.42 Å². The summed E-state index contributed by atoms with van der Waals surface area (Å²) in [6, 6.07) is 0. The maximum Gasteiger partial charge on any atom is 0.0230 e. The van der Waals surface area contributed by atoms with Crippen LogP contribution in [0.3, 0.4) is 0 Å². The highest BCUT2D eigenvalue weighted by atomic mass is 14.1. The van der Waals surface area contributed by atoms with E-state index in [1.165, 1.54) is 38.5 Å². The molecular formula is C17H32. The molecule has 0 radical (unpaired) electrons. The van der Waals surface area contributed by atoms with Crippen LogP contribution in [-0.4, -0.2) is 0 Å². The first-order valence-electron chi connectivity index (χ1n) is 7.21. The van der Waals surface area contributed by atoms with E-state index >= 15 is 0 Å². The third kappa shape index (κ3) is 15.6. The predicted octanol–water partition coefficient (Wildman–Crippen LogP) is 5.81. The zero-order valence-electron chi connectivity index (χ0n) is 12.9. The zero-order valence-corrected chi connectivity index (χ0v) is 12.9. The van der Waals surface area contributed by atoms with E-state index in [4.69, 9.17) is 0 Å². The lowest BCUT2D eigenvalue weighted by Crippen LogP contribution is -2.03. The molecular weight excluding hydrogens is 204 g/mol. The first kappa shape index (κ1) is 16.6. The van der Waals surface area contributed by atoms with Gasteiger partial charge in [-0.2, -0.15) is 0 Å². The van der Waals surface area contributed by atoms with Crippen LogP contribution in [0.2, 0.25) is 0 Å². The normalized spacial score (nSPS) is 12.1. The van der Waals surface area contributed by atoms with Crippen molar-refractivity contribution in [2.75, 3.05) is 0 Å². The van der Waals surface area contributed by atoms with Crippen molar-refractivity contribution < 1.29 is 0 Å². The number of unbranched alkanes of at least 4 members (excludes halogenated alkanes) is 5. The largest absolute Gasteiger partial charge is 0.103 e. The van der Waals surface area contributed by atoms with Crippen molar-refractivity contribution in [3.63, 3.8) is 0 Å². The first-order valence-corrected chi connectivity index (χ1v) is 7.21. The molecule has 0 aromatic heterocycles. The molecule has 0 heteroatoms. The van der Waals surface area contributed by atoms with Gasteiger partial charge < -0.3 is 0 Å². The number of hydrogen-bond donors (Lipinski definition) is 0. The topological polar surface area (TPSA) is 0 Å². The highest BCUT2D eigenvalue weighted by Gasteiger charge is 2.08. The standard InChI is InChI=1S/C17H32/c1-16(2,3)14-12-10-8-7-9-11-13-15-17(4,5)6/h7-12,14H2,1-6H3. The van der Waals surface area contributed by atoms with Gasteiger partial charge in [0.1, 0.15) is 0 Å². The fourth-order valence-corrected chi connectivity index (χ4v) is 1.73. The van der Waals surface area contributed by atoms with E-state index in [1.807, 2.05) is 0 Å². The van der Waals surface area contributed by atoms with Gasteiger partial charge in [0.25, 0.3) is 0 Å². The Labute approximate surface area is 110 Å². The van der Waals surface area contributed by atoms with Crippen LogP contribution < -0.4 is 0 Å². The van der Waals surface area contributed by atoms with E-state index in [1.54, 1.807) is 0 Å². The van der Waals surface area contributed by atoms with Crippen LogP contribution in [-0.2, 0) is 0 Å².